The summed E-state index contributed by atoms with van der Waals surface area (Å²) in [5, 5.41) is 9.21. The number of fused-ring (bicyclic) bond motifs is 1. The van der Waals surface area contributed by atoms with Crippen molar-refractivity contribution in [3.8, 4) is 11.5 Å². The number of hydrogen-bond acceptors (Lipinski definition) is 3. The highest BCUT2D eigenvalue weighted by atomic mass is 16.5. The van der Waals surface area contributed by atoms with E-state index in [2.05, 4.69) is 6.07 Å². The number of benzene rings is 1. The molecule has 3 heteroatoms. The van der Waals surface area contributed by atoms with Gasteiger partial charge in [-0.05, 0) is 42.4 Å². The Morgan fingerprint density at radius 1 is 1.31 bits per heavy atom. The van der Waals surface area contributed by atoms with Crippen LogP contribution in [0.1, 0.15) is 17.5 Å². The molecule has 88 valence electrons. The van der Waals surface area contributed by atoms with Crippen molar-refractivity contribution in [1.82, 2.24) is 0 Å². The van der Waals surface area contributed by atoms with E-state index in [1.807, 2.05) is 6.07 Å². The lowest BCUT2D eigenvalue weighted by atomic mass is 9.84. The van der Waals surface area contributed by atoms with Gasteiger partial charge >= 0.3 is 0 Å². The van der Waals surface area contributed by atoms with Crippen LogP contribution in [0, 0.1) is 5.92 Å². The van der Waals surface area contributed by atoms with Gasteiger partial charge in [0.05, 0.1) is 14.2 Å². The van der Waals surface area contributed by atoms with Gasteiger partial charge in [-0.15, -0.1) is 0 Å². The number of aliphatic hydroxyl groups is 1. The maximum atomic E-state index is 9.21. The molecule has 0 aromatic heterocycles. The smallest absolute Gasteiger partial charge is 0.126 e. The highest BCUT2D eigenvalue weighted by molar-refractivity contribution is 5.48. The SMILES string of the molecule is COc1cc2c(c(OC)c1)CCC(CO)C2. The van der Waals surface area contributed by atoms with E-state index >= 15 is 0 Å². The molecular formula is C13H18O3. The van der Waals surface area contributed by atoms with E-state index in [0.29, 0.717) is 5.92 Å². The molecule has 0 saturated heterocycles. The van der Waals surface area contributed by atoms with E-state index in [4.69, 9.17) is 9.47 Å². The maximum Gasteiger partial charge on any atom is 0.126 e. The Morgan fingerprint density at radius 2 is 2.12 bits per heavy atom. The molecule has 1 aromatic carbocycles. The van der Waals surface area contributed by atoms with Crippen molar-refractivity contribution in [1.29, 1.82) is 0 Å². The zero-order chi connectivity index (χ0) is 11.5. The molecule has 0 heterocycles. The van der Waals surface area contributed by atoms with Crippen LogP contribution in [-0.4, -0.2) is 25.9 Å². The van der Waals surface area contributed by atoms with Crippen molar-refractivity contribution < 1.29 is 14.6 Å². The van der Waals surface area contributed by atoms with Crippen LogP contribution in [-0.2, 0) is 12.8 Å². The van der Waals surface area contributed by atoms with Gasteiger partial charge in [0, 0.05) is 12.7 Å². The molecule has 0 radical (unpaired) electrons. The zero-order valence-corrected chi connectivity index (χ0v) is 9.82. The summed E-state index contributed by atoms with van der Waals surface area (Å²) in [6.07, 6.45) is 2.93. The first-order valence-corrected chi connectivity index (χ1v) is 5.63. The van der Waals surface area contributed by atoms with Gasteiger partial charge in [0.2, 0.25) is 0 Å². The van der Waals surface area contributed by atoms with E-state index < -0.39 is 0 Å². The van der Waals surface area contributed by atoms with Gasteiger partial charge < -0.3 is 14.6 Å². The van der Waals surface area contributed by atoms with Crippen molar-refractivity contribution in [3.63, 3.8) is 0 Å². The Balaban J connectivity index is 2.38. The van der Waals surface area contributed by atoms with Crippen LogP contribution in [0.5, 0.6) is 11.5 Å². The van der Waals surface area contributed by atoms with Gasteiger partial charge in [0.1, 0.15) is 11.5 Å². The third kappa shape index (κ3) is 2.00. The van der Waals surface area contributed by atoms with E-state index in [9.17, 15) is 5.11 Å². The van der Waals surface area contributed by atoms with E-state index in [1.165, 1.54) is 11.1 Å². The quantitative estimate of drug-likeness (QED) is 0.847. The van der Waals surface area contributed by atoms with Gasteiger partial charge in [0.15, 0.2) is 0 Å². The Hall–Kier alpha value is -1.22. The van der Waals surface area contributed by atoms with Gasteiger partial charge in [-0.25, -0.2) is 0 Å². The fourth-order valence-corrected chi connectivity index (χ4v) is 2.36. The summed E-state index contributed by atoms with van der Waals surface area (Å²) in [7, 11) is 3.35. The highest BCUT2D eigenvalue weighted by Crippen LogP contribution is 2.35. The second-order valence-corrected chi connectivity index (χ2v) is 4.26. The lowest BCUT2D eigenvalue weighted by Crippen LogP contribution is -2.18. The molecule has 0 saturated carbocycles. The summed E-state index contributed by atoms with van der Waals surface area (Å²) < 4.78 is 10.6. The fourth-order valence-electron chi connectivity index (χ4n) is 2.36. The van der Waals surface area contributed by atoms with Crippen LogP contribution in [0.25, 0.3) is 0 Å². The van der Waals surface area contributed by atoms with Crippen LogP contribution in [0.4, 0.5) is 0 Å². The van der Waals surface area contributed by atoms with Crippen LogP contribution in [0.15, 0.2) is 12.1 Å². The summed E-state index contributed by atoms with van der Waals surface area (Å²) in [4.78, 5) is 0. The van der Waals surface area contributed by atoms with Crippen molar-refractivity contribution in [3.05, 3.63) is 23.3 Å². The summed E-state index contributed by atoms with van der Waals surface area (Å²) in [6.45, 7) is 0.263. The Kier molecular flexibility index (Phi) is 3.34. The van der Waals surface area contributed by atoms with Crippen LogP contribution >= 0.6 is 0 Å². The lowest BCUT2D eigenvalue weighted by Gasteiger charge is -2.25. The van der Waals surface area contributed by atoms with E-state index in [1.54, 1.807) is 14.2 Å². The van der Waals surface area contributed by atoms with E-state index in [0.717, 1.165) is 30.8 Å². The number of ether oxygens (including phenoxy) is 2. The summed E-state index contributed by atoms with van der Waals surface area (Å²) >= 11 is 0. The predicted octanol–water partition coefficient (Wildman–Crippen LogP) is 1.80. The number of hydrogen-bond donors (Lipinski definition) is 1. The summed E-state index contributed by atoms with van der Waals surface area (Å²) in [5.74, 6) is 2.12. The van der Waals surface area contributed by atoms with Gasteiger partial charge in [-0.1, -0.05) is 0 Å². The Bertz CT molecular complexity index is 374. The molecule has 1 aromatic rings. The topological polar surface area (TPSA) is 38.7 Å². The second kappa shape index (κ2) is 4.74. The van der Waals surface area contributed by atoms with Crippen molar-refractivity contribution in [2.45, 2.75) is 19.3 Å². The third-order valence-electron chi connectivity index (χ3n) is 3.30. The molecular weight excluding hydrogens is 204 g/mol. The lowest BCUT2D eigenvalue weighted by molar-refractivity contribution is 0.212. The summed E-state index contributed by atoms with van der Waals surface area (Å²) in [5.41, 5.74) is 2.52. The average molecular weight is 222 g/mol. The van der Waals surface area contributed by atoms with Crippen molar-refractivity contribution in [2.75, 3.05) is 20.8 Å². The minimum Gasteiger partial charge on any atom is -0.497 e. The maximum absolute atomic E-state index is 9.21. The fraction of sp³-hybridized carbons (Fsp3) is 0.538. The molecule has 2 rings (SSSR count). The molecule has 1 N–H and O–H groups in total. The molecule has 1 aliphatic carbocycles. The van der Waals surface area contributed by atoms with Gasteiger partial charge in [-0.3, -0.25) is 0 Å². The zero-order valence-electron chi connectivity index (χ0n) is 9.82. The highest BCUT2D eigenvalue weighted by Gasteiger charge is 2.21. The molecule has 0 amide bonds. The molecule has 0 aliphatic heterocycles. The normalized spacial score (nSPS) is 19.1. The monoisotopic (exact) mass is 222 g/mol. The minimum atomic E-state index is 0.263. The average Bonchev–Trinajstić information content (AvgIpc) is 2.36. The molecule has 16 heavy (non-hydrogen) atoms. The minimum absolute atomic E-state index is 0.263. The van der Waals surface area contributed by atoms with Crippen LogP contribution < -0.4 is 9.47 Å². The first-order chi connectivity index (χ1) is 7.78. The molecule has 0 bridgehead atoms. The number of rotatable bonds is 3. The molecule has 1 aliphatic rings. The standard InChI is InChI=1S/C13H18O3/c1-15-11-6-10-5-9(8-14)3-4-12(10)13(7-11)16-2/h6-7,9,14H,3-5,8H2,1-2H3. The Morgan fingerprint density at radius 3 is 2.75 bits per heavy atom. The molecule has 0 fully saturated rings. The second-order valence-electron chi connectivity index (χ2n) is 4.26. The van der Waals surface area contributed by atoms with Crippen LogP contribution in [0.2, 0.25) is 0 Å². The molecule has 1 atom stereocenters. The number of methoxy groups -OCH3 is 2. The first-order valence-electron chi connectivity index (χ1n) is 5.63. The Labute approximate surface area is 96.0 Å². The first kappa shape index (κ1) is 11.3. The van der Waals surface area contributed by atoms with Crippen molar-refractivity contribution in [2.24, 2.45) is 5.92 Å². The van der Waals surface area contributed by atoms with Crippen LogP contribution in [0.3, 0.4) is 0 Å². The summed E-state index contributed by atoms with van der Waals surface area (Å²) in [6, 6.07) is 3.98. The largest absolute Gasteiger partial charge is 0.497 e. The van der Waals surface area contributed by atoms with Crippen molar-refractivity contribution >= 4 is 0 Å². The molecule has 0 spiro atoms. The number of aliphatic hydroxyl groups excluding tert-OH is 1. The molecule has 3 nitrogen and oxygen atoms in total. The predicted molar refractivity (Wildman–Crippen MR) is 62.1 cm³/mol. The molecule has 1 unspecified atom stereocenters. The van der Waals surface area contributed by atoms with E-state index in [-0.39, 0.29) is 6.61 Å². The third-order valence-corrected chi connectivity index (χ3v) is 3.30. The van der Waals surface area contributed by atoms with Gasteiger partial charge in [0.25, 0.3) is 0 Å². The van der Waals surface area contributed by atoms with Gasteiger partial charge in [-0.2, -0.15) is 0 Å².